The second kappa shape index (κ2) is 3.48. The molecule has 0 aliphatic heterocycles. The van der Waals surface area contributed by atoms with Crippen molar-refractivity contribution in [1.29, 1.82) is 0 Å². The highest BCUT2D eigenvalue weighted by molar-refractivity contribution is 4.96. The van der Waals surface area contributed by atoms with Gasteiger partial charge in [0.05, 0.1) is 5.41 Å². The lowest BCUT2D eigenvalue weighted by Crippen LogP contribution is -2.52. The van der Waals surface area contributed by atoms with E-state index in [-0.39, 0.29) is 12.8 Å². The first-order valence-corrected chi connectivity index (χ1v) is 4.41. The topological polar surface area (TPSA) is 20.2 Å². The third kappa shape index (κ3) is 1.98. The minimum absolute atomic E-state index is 0.101. The van der Waals surface area contributed by atoms with E-state index in [2.05, 4.69) is 0 Å². The zero-order valence-corrected chi connectivity index (χ0v) is 8.50. The highest BCUT2D eigenvalue weighted by atomic mass is 19.3. The summed E-state index contributed by atoms with van der Waals surface area (Å²) < 4.78 is 39.6. The molecule has 0 spiro atoms. The first kappa shape index (κ1) is 12.8. The highest BCUT2D eigenvalue weighted by Gasteiger charge is 2.59. The van der Waals surface area contributed by atoms with Gasteiger partial charge in [-0.05, 0) is 19.8 Å². The summed E-state index contributed by atoms with van der Waals surface area (Å²) in [7, 11) is 0. The smallest absolute Gasteiger partial charge is 0.256 e. The quantitative estimate of drug-likeness (QED) is 0.735. The van der Waals surface area contributed by atoms with E-state index in [1.807, 2.05) is 0 Å². The first-order valence-electron chi connectivity index (χ1n) is 4.41. The minimum atomic E-state index is -3.23. The summed E-state index contributed by atoms with van der Waals surface area (Å²) in [5.74, 6) is -6.08. The molecule has 0 aromatic rings. The van der Waals surface area contributed by atoms with Crippen LogP contribution in [0.2, 0.25) is 0 Å². The predicted molar refractivity (Wildman–Crippen MR) is 45.4 cm³/mol. The van der Waals surface area contributed by atoms with Crippen molar-refractivity contribution in [3.05, 3.63) is 0 Å². The van der Waals surface area contributed by atoms with Crippen LogP contribution in [0.4, 0.5) is 13.2 Å². The van der Waals surface area contributed by atoms with Crippen molar-refractivity contribution < 1.29 is 18.3 Å². The van der Waals surface area contributed by atoms with Gasteiger partial charge < -0.3 is 5.11 Å². The average Bonchev–Trinajstić information content (AvgIpc) is 1.84. The lowest BCUT2D eigenvalue weighted by Gasteiger charge is -2.43. The van der Waals surface area contributed by atoms with E-state index in [9.17, 15) is 13.2 Å². The molecule has 1 N–H and O–H groups in total. The number of halogens is 3. The van der Waals surface area contributed by atoms with E-state index in [0.717, 1.165) is 6.92 Å². The van der Waals surface area contributed by atoms with Crippen molar-refractivity contribution in [2.45, 2.75) is 52.3 Å². The van der Waals surface area contributed by atoms with Crippen molar-refractivity contribution in [1.82, 2.24) is 0 Å². The highest BCUT2D eigenvalue weighted by Crippen LogP contribution is 2.50. The van der Waals surface area contributed by atoms with Crippen molar-refractivity contribution in [2.24, 2.45) is 5.41 Å². The number of aliphatic hydroxyl groups is 1. The van der Waals surface area contributed by atoms with E-state index in [1.54, 1.807) is 0 Å². The second-order valence-electron chi connectivity index (χ2n) is 3.63. The molecule has 4 heteroatoms. The Morgan fingerprint density at radius 1 is 1.00 bits per heavy atom. The predicted octanol–water partition coefficient (Wildman–Crippen LogP) is 3.13. The molecule has 0 fully saturated rings. The Balaban J connectivity index is 5.17. The van der Waals surface area contributed by atoms with Gasteiger partial charge >= 0.3 is 0 Å². The number of alkyl halides is 3. The lowest BCUT2D eigenvalue weighted by atomic mass is 9.71. The Morgan fingerprint density at radius 3 is 1.31 bits per heavy atom. The van der Waals surface area contributed by atoms with Crippen LogP contribution in [0, 0.1) is 5.41 Å². The Kier molecular flexibility index (Phi) is 3.41. The van der Waals surface area contributed by atoms with Gasteiger partial charge in [0.2, 0.25) is 5.85 Å². The molecule has 0 aliphatic carbocycles. The zero-order valence-electron chi connectivity index (χ0n) is 8.50. The summed E-state index contributed by atoms with van der Waals surface area (Å²) in [5, 5.41) is 9.12. The Labute approximate surface area is 76.9 Å². The van der Waals surface area contributed by atoms with Crippen LogP contribution in [0.25, 0.3) is 0 Å². The number of hydrogen-bond acceptors (Lipinski definition) is 1. The summed E-state index contributed by atoms with van der Waals surface area (Å²) in [6, 6.07) is 0. The van der Waals surface area contributed by atoms with E-state index in [4.69, 9.17) is 5.11 Å². The maximum absolute atomic E-state index is 13.3. The van der Waals surface area contributed by atoms with E-state index < -0.39 is 17.2 Å². The molecule has 0 radical (unpaired) electrons. The van der Waals surface area contributed by atoms with Gasteiger partial charge in [-0.15, -0.1) is 0 Å². The van der Waals surface area contributed by atoms with Gasteiger partial charge in [0.15, 0.2) is 0 Å². The molecule has 0 bridgehead atoms. The summed E-state index contributed by atoms with van der Waals surface area (Å²) in [6.45, 7) is 4.34. The number of rotatable bonds is 4. The van der Waals surface area contributed by atoms with Crippen molar-refractivity contribution in [2.75, 3.05) is 0 Å². The van der Waals surface area contributed by atoms with Gasteiger partial charge in [0.25, 0.3) is 5.92 Å². The van der Waals surface area contributed by atoms with E-state index >= 15 is 0 Å². The summed E-state index contributed by atoms with van der Waals surface area (Å²) in [4.78, 5) is 0. The minimum Gasteiger partial charge on any atom is -0.361 e. The molecule has 0 saturated carbocycles. The van der Waals surface area contributed by atoms with Gasteiger partial charge in [-0.2, -0.15) is 0 Å². The molecule has 0 aromatic heterocycles. The molecule has 1 nitrogen and oxygen atoms in total. The van der Waals surface area contributed by atoms with Gasteiger partial charge in [-0.1, -0.05) is 13.8 Å². The molecule has 0 heterocycles. The molecule has 80 valence electrons. The Bertz CT molecular complexity index is 147. The van der Waals surface area contributed by atoms with E-state index in [1.165, 1.54) is 13.8 Å². The normalized spacial score (nSPS) is 18.5. The van der Waals surface area contributed by atoms with Gasteiger partial charge in [-0.25, -0.2) is 13.2 Å². The first-order chi connectivity index (χ1) is 5.62. The molecule has 0 rings (SSSR count). The van der Waals surface area contributed by atoms with Crippen LogP contribution >= 0.6 is 0 Å². The van der Waals surface area contributed by atoms with E-state index in [0.29, 0.717) is 6.92 Å². The third-order valence-electron chi connectivity index (χ3n) is 2.92. The van der Waals surface area contributed by atoms with Crippen LogP contribution in [0.5, 0.6) is 0 Å². The second-order valence-corrected chi connectivity index (χ2v) is 3.63. The molecule has 0 saturated heterocycles. The molecule has 0 aliphatic rings. The molecule has 0 aromatic carbocycles. The fourth-order valence-electron chi connectivity index (χ4n) is 1.92. The average molecular weight is 198 g/mol. The van der Waals surface area contributed by atoms with Crippen LogP contribution in [0.1, 0.15) is 40.5 Å². The molecule has 1 atom stereocenters. The summed E-state index contributed by atoms with van der Waals surface area (Å²) >= 11 is 0. The molecular formula is C9H17F3O. The van der Waals surface area contributed by atoms with Crippen molar-refractivity contribution in [3.8, 4) is 0 Å². The van der Waals surface area contributed by atoms with Gasteiger partial charge in [0.1, 0.15) is 0 Å². The Morgan fingerprint density at radius 2 is 1.31 bits per heavy atom. The lowest BCUT2D eigenvalue weighted by molar-refractivity contribution is -0.262. The standard InChI is InChI=1S/C9H17F3O/c1-5-9(6-2,7(3,10)11)8(4,12)13/h13H,5-6H2,1-4H3. The summed E-state index contributed by atoms with van der Waals surface area (Å²) in [6.07, 6.45) is -0.201. The third-order valence-corrected chi connectivity index (χ3v) is 2.92. The van der Waals surface area contributed by atoms with Gasteiger partial charge in [-0.3, -0.25) is 0 Å². The largest absolute Gasteiger partial charge is 0.361 e. The molecule has 0 amide bonds. The van der Waals surface area contributed by atoms with Crippen LogP contribution in [-0.4, -0.2) is 16.9 Å². The van der Waals surface area contributed by atoms with Crippen LogP contribution < -0.4 is 0 Å². The van der Waals surface area contributed by atoms with Gasteiger partial charge in [0, 0.05) is 6.92 Å². The number of hydrogen-bond donors (Lipinski definition) is 1. The van der Waals surface area contributed by atoms with Crippen molar-refractivity contribution >= 4 is 0 Å². The monoisotopic (exact) mass is 198 g/mol. The van der Waals surface area contributed by atoms with Crippen molar-refractivity contribution in [3.63, 3.8) is 0 Å². The van der Waals surface area contributed by atoms with Crippen LogP contribution in [0.15, 0.2) is 0 Å². The molecule has 1 unspecified atom stereocenters. The Hall–Kier alpha value is -0.250. The maximum atomic E-state index is 13.3. The molecular weight excluding hydrogens is 181 g/mol. The fraction of sp³-hybridized carbons (Fsp3) is 1.00. The van der Waals surface area contributed by atoms with Crippen LogP contribution in [0.3, 0.4) is 0 Å². The summed E-state index contributed by atoms with van der Waals surface area (Å²) in [5.41, 5.74) is -1.99. The van der Waals surface area contributed by atoms with Crippen LogP contribution in [-0.2, 0) is 0 Å². The fourth-order valence-corrected chi connectivity index (χ4v) is 1.92. The molecule has 13 heavy (non-hydrogen) atoms. The SMILES string of the molecule is CCC(CC)(C(C)(O)F)C(C)(F)F. The maximum Gasteiger partial charge on any atom is 0.256 e. The zero-order chi connectivity index (χ0) is 10.9.